The molecule has 1 aromatic rings. The molecule has 1 N–H and O–H groups in total. The number of hydrogen-bond donors (Lipinski definition) is 1. The topological polar surface area (TPSA) is 24.5 Å². The summed E-state index contributed by atoms with van der Waals surface area (Å²) in [6.45, 7) is 3.81. The van der Waals surface area contributed by atoms with Crippen molar-refractivity contribution in [1.82, 2.24) is 10.2 Å². The molecule has 1 aliphatic heterocycles. The summed E-state index contributed by atoms with van der Waals surface area (Å²) in [5.41, 5.74) is 0. The van der Waals surface area contributed by atoms with Gasteiger partial charge >= 0.3 is 0 Å². The first-order valence-corrected chi connectivity index (χ1v) is 6.56. The highest BCUT2D eigenvalue weighted by Crippen LogP contribution is 2.12. The Hall–Kier alpha value is -0.840. The van der Waals surface area contributed by atoms with Crippen LogP contribution in [0.1, 0.15) is 12.8 Å². The van der Waals surface area contributed by atoms with Gasteiger partial charge in [-0.3, -0.25) is 4.90 Å². The van der Waals surface area contributed by atoms with Crippen molar-refractivity contribution in [3.63, 3.8) is 0 Å². The highest BCUT2D eigenvalue weighted by molar-refractivity contribution is 5.85. The van der Waals surface area contributed by atoms with Crippen LogP contribution >= 0.6 is 12.4 Å². The van der Waals surface area contributed by atoms with Crippen LogP contribution in [-0.4, -0.2) is 44.2 Å². The fraction of sp³-hybridized carbons (Fsp3) is 0.571. The van der Waals surface area contributed by atoms with Gasteiger partial charge in [0.1, 0.15) is 18.2 Å². The first-order chi connectivity index (χ1) is 8.78. The molecule has 3 nitrogen and oxygen atoms in total. The second-order valence-corrected chi connectivity index (χ2v) is 4.73. The number of ether oxygens (including phenoxy) is 1. The zero-order valence-corrected chi connectivity index (χ0v) is 12.1. The van der Waals surface area contributed by atoms with E-state index in [0.29, 0.717) is 12.6 Å². The second kappa shape index (κ2) is 8.35. The van der Waals surface area contributed by atoms with Crippen molar-refractivity contribution in [2.24, 2.45) is 0 Å². The van der Waals surface area contributed by atoms with Crippen molar-refractivity contribution in [3.8, 4) is 5.75 Å². The Bertz CT molecular complexity index is 361. The van der Waals surface area contributed by atoms with E-state index < -0.39 is 0 Å². The van der Waals surface area contributed by atoms with Gasteiger partial charge in [0.2, 0.25) is 0 Å². The number of halogens is 2. The average Bonchev–Trinajstić information content (AvgIpc) is 2.41. The number of likely N-dealkylation sites (N-methyl/N-ethyl adjacent to an activating group) is 1. The van der Waals surface area contributed by atoms with E-state index in [4.69, 9.17) is 4.74 Å². The Morgan fingerprint density at radius 2 is 2.11 bits per heavy atom. The van der Waals surface area contributed by atoms with Crippen molar-refractivity contribution < 1.29 is 9.13 Å². The standard InChI is InChI=1S/C14H21FN2O.ClH/c1-16-13-3-2-8-17(11-13)9-10-18-14-6-4-12(15)5-7-14;/h4-7,13,16H,2-3,8-11H2,1H3;1H. The van der Waals surface area contributed by atoms with E-state index in [1.165, 1.54) is 25.0 Å². The van der Waals surface area contributed by atoms with Crippen molar-refractivity contribution in [1.29, 1.82) is 0 Å². The summed E-state index contributed by atoms with van der Waals surface area (Å²) in [6.07, 6.45) is 2.49. The fourth-order valence-electron chi connectivity index (χ4n) is 2.32. The third-order valence-electron chi connectivity index (χ3n) is 3.40. The summed E-state index contributed by atoms with van der Waals surface area (Å²) in [7, 11) is 2.02. The molecule has 0 saturated carbocycles. The Labute approximate surface area is 120 Å². The Morgan fingerprint density at radius 1 is 1.37 bits per heavy atom. The highest BCUT2D eigenvalue weighted by atomic mass is 35.5. The van der Waals surface area contributed by atoms with Gasteiger partial charge in [0.25, 0.3) is 0 Å². The number of nitrogens with one attached hydrogen (secondary N) is 1. The first kappa shape index (κ1) is 16.2. The smallest absolute Gasteiger partial charge is 0.123 e. The van der Waals surface area contributed by atoms with Crippen LogP contribution in [0.15, 0.2) is 24.3 Å². The molecular weight excluding hydrogens is 267 g/mol. The van der Waals surface area contributed by atoms with Crippen LogP contribution in [-0.2, 0) is 0 Å². The van der Waals surface area contributed by atoms with Crippen LogP contribution in [0.25, 0.3) is 0 Å². The van der Waals surface area contributed by atoms with Gasteiger partial charge in [-0.1, -0.05) is 0 Å². The Kier molecular flexibility index (Phi) is 7.13. The van der Waals surface area contributed by atoms with Crippen molar-refractivity contribution in [3.05, 3.63) is 30.1 Å². The molecule has 0 spiro atoms. The number of likely N-dealkylation sites (tertiary alicyclic amines) is 1. The maximum atomic E-state index is 12.7. The number of nitrogens with zero attached hydrogens (tertiary/aromatic N) is 1. The van der Waals surface area contributed by atoms with Crippen LogP contribution in [0.5, 0.6) is 5.75 Å². The van der Waals surface area contributed by atoms with E-state index in [9.17, 15) is 4.39 Å². The van der Waals surface area contributed by atoms with Crippen LogP contribution in [0.2, 0.25) is 0 Å². The first-order valence-electron chi connectivity index (χ1n) is 6.56. The average molecular weight is 289 g/mol. The van der Waals surface area contributed by atoms with Crippen LogP contribution in [0.3, 0.4) is 0 Å². The number of rotatable bonds is 5. The minimum atomic E-state index is -0.227. The molecule has 1 fully saturated rings. The molecular formula is C14H22ClFN2O. The Balaban J connectivity index is 0.00000180. The second-order valence-electron chi connectivity index (χ2n) is 4.73. The van der Waals surface area contributed by atoms with E-state index in [-0.39, 0.29) is 18.2 Å². The van der Waals surface area contributed by atoms with Crippen molar-refractivity contribution in [2.45, 2.75) is 18.9 Å². The molecule has 1 unspecified atom stereocenters. The van der Waals surface area contributed by atoms with Gasteiger partial charge in [-0.25, -0.2) is 4.39 Å². The quantitative estimate of drug-likeness (QED) is 0.900. The largest absolute Gasteiger partial charge is 0.492 e. The summed E-state index contributed by atoms with van der Waals surface area (Å²) >= 11 is 0. The maximum absolute atomic E-state index is 12.7. The van der Waals surface area contributed by atoms with Gasteiger partial charge < -0.3 is 10.1 Å². The van der Waals surface area contributed by atoms with E-state index >= 15 is 0 Å². The van der Waals surface area contributed by atoms with Crippen LogP contribution in [0, 0.1) is 5.82 Å². The van der Waals surface area contributed by atoms with Crippen LogP contribution < -0.4 is 10.1 Å². The SMILES string of the molecule is CNC1CCCN(CCOc2ccc(F)cc2)C1.Cl. The van der Waals surface area contributed by atoms with E-state index in [2.05, 4.69) is 10.2 Å². The number of benzene rings is 1. The molecule has 1 heterocycles. The highest BCUT2D eigenvalue weighted by Gasteiger charge is 2.17. The van der Waals surface area contributed by atoms with E-state index in [1.54, 1.807) is 12.1 Å². The molecule has 19 heavy (non-hydrogen) atoms. The van der Waals surface area contributed by atoms with Gasteiger partial charge in [-0.05, 0) is 50.7 Å². The number of hydrogen-bond acceptors (Lipinski definition) is 3. The molecule has 5 heteroatoms. The molecule has 0 bridgehead atoms. The zero-order valence-electron chi connectivity index (χ0n) is 11.3. The van der Waals surface area contributed by atoms with Gasteiger partial charge in [0.05, 0.1) is 0 Å². The third kappa shape index (κ3) is 5.35. The van der Waals surface area contributed by atoms with Crippen LogP contribution in [0.4, 0.5) is 4.39 Å². The number of piperidine rings is 1. The molecule has 1 saturated heterocycles. The fourth-order valence-corrected chi connectivity index (χ4v) is 2.32. The predicted octanol–water partition coefficient (Wildman–Crippen LogP) is 2.31. The molecule has 0 aromatic heterocycles. The summed E-state index contributed by atoms with van der Waals surface area (Å²) in [5, 5.41) is 3.32. The Morgan fingerprint density at radius 3 is 2.79 bits per heavy atom. The lowest BCUT2D eigenvalue weighted by Gasteiger charge is -2.32. The van der Waals surface area contributed by atoms with Gasteiger partial charge in [0.15, 0.2) is 0 Å². The minimum Gasteiger partial charge on any atom is -0.492 e. The molecule has 2 rings (SSSR count). The monoisotopic (exact) mass is 288 g/mol. The molecule has 0 radical (unpaired) electrons. The zero-order chi connectivity index (χ0) is 12.8. The predicted molar refractivity (Wildman–Crippen MR) is 77.7 cm³/mol. The maximum Gasteiger partial charge on any atom is 0.123 e. The minimum absolute atomic E-state index is 0. The normalized spacial score (nSPS) is 19.8. The molecule has 1 aliphatic rings. The van der Waals surface area contributed by atoms with Gasteiger partial charge in [0, 0.05) is 19.1 Å². The molecule has 1 aromatic carbocycles. The molecule has 0 aliphatic carbocycles. The van der Waals surface area contributed by atoms with Gasteiger partial charge in [-0.2, -0.15) is 0 Å². The molecule has 0 amide bonds. The molecule has 1 atom stereocenters. The van der Waals surface area contributed by atoms with E-state index in [1.807, 2.05) is 7.05 Å². The summed E-state index contributed by atoms with van der Waals surface area (Å²) in [5.74, 6) is 0.508. The summed E-state index contributed by atoms with van der Waals surface area (Å²) in [6, 6.07) is 6.79. The lowest BCUT2D eigenvalue weighted by atomic mass is 10.1. The van der Waals surface area contributed by atoms with Crippen molar-refractivity contribution in [2.75, 3.05) is 33.3 Å². The lowest BCUT2D eigenvalue weighted by Crippen LogP contribution is -2.45. The van der Waals surface area contributed by atoms with E-state index in [0.717, 1.165) is 25.4 Å². The third-order valence-corrected chi connectivity index (χ3v) is 3.40. The summed E-state index contributed by atoms with van der Waals surface area (Å²) < 4.78 is 18.3. The van der Waals surface area contributed by atoms with Crippen molar-refractivity contribution >= 4 is 12.4 Å². The lowest BCUT2D eigenvalue weighted by molar-refractivity contribution is 0.162. The molecule has 108 valence electrons. The summed E-state index contributed by atoms with van der Waals surface area (Å²) in [4.78, 5) is 2.41. The van der Waals surface area contributed by atoms with Gasteiger partial charge in [-0.15, -0.1) is 12.4 Å².